The van der Waals surface area contributed by atoms with Crippen LogP contribution in [0, 0.1) is 0 Å². The zero-order valence-corrected chi connectivity index (χ0v) is 15.0. The summed E-state index contributed by atoms with van der Waals surface area (Å²) in [6.45, 7) is 4.08. The van der Waals surface area contributed by atoms with E-state index in [0.29, 0.717) is 47.5 Å². The topological polar surface area (TPSA) is 40.6 Å². The summed E-state index contributed by atoms with van der Waals surface area (Å²) in [5.41, 5.74) is 0. The summed E-state index contributed by atoms with van der Waals surface area (Å²) >= 11 is 13.7. The Kier molecular flexibility index (Phi) is 4.80. The Morgan fingerprint density at radius 1 is 1.13 bits per heavy atom. The largest absolute Gasteiger partial charge is 0.339 e. The number of benzene rings is 1. The number of thiophene rings is 1. The highest BCUT2D eigenvalue weighted by Crippen LogP contribution is 2.37. The lowest BCUT2D eigenvalue weighted by molar-refractivity contribution is -0.132. The van der Waals surface area contributed by atoms with Gasteiger partial charge in [-0.3, -0.25) is 9.59 Å². The third kappa shape index (κ3) is 3.18. The monoisotopic (exact) mass is 370 g/mol. The molecule has 1 aromatic heterocycles. The summed E-state index contributed by atoms with van der Waals surface area (Å²) in [7, 11) is 0. The minimum Gasteiger partial charge on any atom is -0.339 e. The average molecular weight is 371 g/mol. The first kappa shape index (κ1) is 16.6. The van der Waals surface area contributed by atoms with Gasteiger partial charge in [-0.05, 0) is 12.1 Å². The lowest BCUT2D eigenvalue weighted by Gasteiger charge is -2.34. The summed E-state index contributed by atoms with van der Waals surface area (Å²) in [6, 6.07) is 5.43. The van der Waals surface area contributed by atoms with E-state index < -0.39 is 0 Å². The van der Waals surface area contributed by atoms with Crippen molar-refractivity contribution in [1.82, 2.24) is 9.80 Å². The Bertz CT molecular complexity index is 767. The molecule has 0 saturated carbocycles. The van der Waals surface area contributed by atoms with Crippen LogP contribution < -0.4 is 0 Å². The fourth-order valence-electron chi connectivity index (χ4n) is 2.70. The van der Waals surface area contributed by atoms with Crippen molar-refractivity contribution < 1.29 is 9.59 Å². The van der Waals surface area contributed by atoms with Gasteiger partial charge in [0.15, 0.2) is 0 Å². The van der Waals surface area contributed by atoms with Crippen LogP contribution in [-0.2, 0) is 4.79 Å². The maximum atomic E-state index is 12.7. The molecular formula is C16H16Cl2N2O2S. The van der Waals surface area contributed by atoms with Gasteiger partial charge in [0.25, 0.3) is 5.91 Å². The van der Waals surface area contributed by atoms with E-state index in [9.17, 15) is 9.59 Å². The Morgan fingerprint density at radius 2 is 1.78 bits per heavy atom. The molecule has 2 aromatic rings. The fourth-order valence-corrected chi connectivity index (χ4v) is 4.46. The molecular weight excluding hydrogens is 355 g/mol. The van der Waals surface area contributed by atoms with E-state index in [-0.39, 0.29) is 11.8 Å². The van der Waals surface area contributed by atoms with Crippen molar-refractivity contribution in [3.05, 3.63) is 33.1 Å². The van der Waals surface area contributed by atoms with E-state index in [0.717, 1.165) is 10.1 Å². The van der Waals surface area contributed by atoms with Gasteiger partial charge < -0.3 is 9.80 Å². The van der Waals surface area contributed by atoms with Gasteiger partial charge in [0.1, 0.15) is 4.88 Å². The van der Waals surface area contributed by atoms with Crippen molar-refractivity contribution >= 4 is 56.4 Å². The first-order valence-corrected chi connectivity index (χ1v) is 9.03. The number of carbonyl (C=O) groups excluding carboxylic acids is 2. The molecule has 0 atom stereocenters. The van der Waals surface area contributed by atoms with Crippen LogP contribution in [0.5, 0.6) is 0 Å². The van der Waals surface area contributed by atoms with Crippen molar-refractivity contribution in [3.8, 4) is 0 Å². The van der Waals surface area contributed by atoms with E-state index in [2.05, 4.69) is 0 Å². The van der Waals surface area contributed by atoms with Gasteiger partial charge in [0.2, 0.25) is 5.91 Å². The van der Waals surface area contributed by atoms with Crippen molar-refractivity contribution in [2.45, 2.75) is 13.3 Å². The summed E-state index contributed by atoms with van der Waals surface area (Å²) in [5, 5.41) is 1.96. The maximum absolute atomic E-state index is 12.7. The maximum Gasteiger partial charge on any atom is 0.265 e. The molecule has 1 aliphatic heterocycles. The van der Waals surface area contributed by atoms with Gasteiger partial charge in [-0.2, -0.15) is 0 Å². The molecule has 2 amide bonds. The molecule has 0 spiro atoms. The van der Waals surface area contributed by atoms with E-state index in [4.69, 9.17) is 23.2 Å². The van der Waals surface area contributed by atoms with Gasteiger partial charge in [-0.25, -0.2) is 0 Å². The van der Waals surface area contributed by atoms with Crippen LogP contribution in [0.25, 0.3) is 10.1 Å². The van der Waals surface area contributed by atoms with Crippen molar-refractivity contribution in [2.24, 2.45) is 0 Å². The van der Waals surface area contributed by atoms with Gasteiger partial charge in [0, 0.05) is 47.7 Å². The highest BCUT2D eigenvalue weighted by molar-refractivity contribution is 7.21. The molecule has 1 saturated heterocycles. The molecule has 1 aromatic carbocycles. The third-order valence-electron chi connectivity index (χ3n) is 4.01. The minimum atomic E-state index is -0.0732. The zero-order chi connectivity index (χ0) is 16.6. The average Bonchev–Trinajstić information content (AvgIpc) is 2.89. The predicted octanol–water partition coefficient (Wildman–Crippen LogP) is 3.90. The highest BCUT2D eigenvalue weighted by atomic mass is 35.5. The Morgan fingerprint density at radius 3 is 2.43 bits per heavy atom. The quantitative estimate of drug-likeness (QED) is 0.803. The van der Waals surface area contributed by atoms with E-state index in [1.54, 1.807) is 15.9 Å². The number of fused-ring (bicyclic) bond motifs is 1. The number of carbonyl (C=O) groups is 2. The van der Waals surface area contributed by atoms with Crippen LogP contribution in [0.4, 0.5) is 0 Å². The second kappa shape index (κ2) is 6.67. The second-order valence-corrected chi connectivity index (χ2v) is 7.28. The molecule has 0 radical (unpaired) electrons. The molecule has 0 unspecified atom stereocenters. The highest BCUT2D eigenvalue weighted by Gasteiger charge is 2.27. The summed E-state index contributed by atoms with van der Waals surface area (Å²) < 4.78 is 0.908. The molecule has 7 heteroatoms. The van der Waals surface area contributed by atoms with E-state index in [1.807, 2.05) is 19.1 Å². The number of halogens is 2. The number of amides is 2. The molecule has 0 aliphatic carbocycles. The van der Waals surface area contributed by atoms with Crippen LogP contribution in [0.15, 0.2) is 18.2 Å². The summed E-state index contributed by atoms with van der Waals surface area (Å²) in [6.07, 6.45) is 0.497. The lowest BCUT2D eigenvalue weighted by Crippen LogP contribution is -2.50. The Labute approximate surface area is 148 Å². The van der Waals surface area contributed by atoms with E-state index in [1.165, 1.54) is 11.3 Å². The third-order valence-corrected chi connectivity index (χ3v) is 5.89. The molecule has 122 valence electrons. The Balaban J connectivity index is 1.79. The normalized spacial score (nSPS) is 15.3. The number of piperazine rings is 1. The standard InChI is InChI=1S/C16H16Cl2N2O2S/c1-2-13(21)19-5-7-20(8-6-19)16(22)15-14(18)11-4-3-10(17)9-12(11)23-15/h3-4,9H,2,5-8H2,1H3. The fraction of sp³-hybridized carbons (Fsp3) is 0.375. The lowest BCUT2D eigenvalue weighted by atomic mass is 10.2. The molecule has 2 heterocycles. The smallest absolute Gasteiger partial charge is 0.265 e. The van der Waals surface area contributed by atoms with Crippen LogP contribution in [0.1, 0.15) is 23.0 Å². The minimum absolute atomic E-state index is 0.0732. The van der Waals surface area contributed by atoms with Gasteiger partial charge in [-0.1, -0.05) is 36.2 Å². The molecule has 1 aliphatic rings. The molecule has 4 nitrogen and oxygen atoms in total. The molecule has 3 rings (SSSR count). The van der Waals surface area contributed by atoms with Crippen molar-refractivity contribution in [2.75, 3.05) is 26.2 Å². The first-order valence-electron chi connectivity index (χ1n) is 7.46. The Hall–Kier alpha value is -1.30. The molecule has 1 fully saturated rings. The van der Waals surface area contributed by atoms with Crippen molar-refractivity contribution in [3.63, 3.8) is 0 Å². The van der Waals surface area contributed by atoms with Crippen LogP contribution >= 0.6 is 34.5 Å². The van der Waals surface area contributed by atoms with Crippen LogP contribution in [-0.4, -0.2) is 47.8 Å². The molecule has 0 bridgehead atoms. The summed E-state index contributed by atoms with van der Waals surface area (Å²) in [5.74, 6) is 0.0579. The summed E-state index contributed by atoms with van der Waals surface area (Å²) in [4.78, 5) is 28.5. The van der Waals surface area contributed by atoms with Gasteiger partial charge in [-0.15, -0.1) is 11.3 Å². The number of rotatable bonds is 2. The van der Waals surface area contributed by atoms with Crippen LogP contribution in [0.2, 0.25) is 10.0 Å². The molecule has 0 N–H and O–H groups in total. The molecule has 23 heavy (non-hydrogen) atoms. The van der Waals surface area contributed by atoms with Crippen LogP contribution in [0.3, 0.4) is 0 Å². The predicted molar refractivity (Wildman–Crippen MR) is 94.6 cm³/mol. The SMILES string of the molecule is CCC(=O)N1CCN(C(=O)c2sc3cc(Cl)ccc3c2Cl)CC1. The first-order chi connectivity index (χ1) is 11.0. The van der Waals surface area contributed by atoms with E-state index >= 15 is 0 Å². The number of hydrogen-bond acceptors (Lipinski definition) is 3. The second-order valence-electron chi connectivity index (χ2n) is 5.41. The van der Waals surface area contributed by atoms with Crippen molar-refractivity contribution in [1.29, 1.82) is 0 Å². The number of nitrogens with zero attached hydrogens (tertiary/aromatic N) is 2. The zero-order valence-electron chi connectivity index (χ0n) is 12.6. The van der Waals surface area contributed by atoms with Gasteiger partial charge in [0.05, 0.1) is 5.02 Å². The van der Waals surface area contributed by atoms with Gasteiger partial charge >= 0.3 is 0 Å². The number of hydrogen-bond donors (Lipinski definition) is 0.